The summed E-state index contributed by atoms with van der Waals surface area (Å²) in [5, 5.41) is 6.68. The van der Waals surface area contributed by atoms with Crippen LogP contribution in [0.3, 0.4) is 0 Å². The molecule has 0 aliphatic carbocycles. The van der Waals surface area contributed by atoms with Gasteiger partial charge in [-0.3, -0.25) is 9.78 Å². The van der Waals surface area contributed by atoms with Crippen LogP contribution in [0, 0.1) is 6.92 Å². The molecule has 0 spiro atoms. The Bertz CT molecular complexity index is 895. The first-order chi connectivity index (χ1) is 12.1. The van der Waals surface area contributed by atoms with Crippen LogP contribution < -0.4 is 10.6 Å². The number of nitrogens with one attached hydrogen (secondary N) is 2. The smallest absolute Gasteiger partial charge is 0.257 e. The summed E-state index contributed by atoms with van der Waals surface area (Å²) in [4.78, 5) is 16.5. The lowest BCUT2D eigenvalue weighted by Crippen LogP contribution is -2.12. The van der Waals surface area contributed by atoms with Gasteiger partial charge in [-0.05, 0) is 36.8 Å². The van der Waals surface area contributed by atoms with Crippen LogP contribution in [0.1, 0.15) is 21.5 Å². The van der Waals surface area contributed by atoms with Crippen molar-refractivity contribution < 1.29 is 4.79 Å². The molecule has 2 N–H and O–H groups in total. The molecular weight excluding hydrogens is 334 g/mol. The summed E-state index contributed by atoms with van der Waals surface area (Å²) < 4.78 is 0. The molecule has 0 unspecified atom stereocenters. The summed E-state index contributed by atoms with van der Waals surface area (Å²) in [5.41, 5.74) is 4.31. The highest BCUT2D eigenvalue weighted by atomic mass is 35.5. The summed E-state index contributed by atoms with van der Waals surface area (Å²) in [7, 11) is 0. The first-order valence-corrected chi connectivity index (χ1v) is 8.29. The SMILES string of the molecule is Cc1cccc(CNc2cncc(C(=O)Nc3cccc(Cl)c3)c2)c1. The molecule has 1 amide bonds. The molecule has 2 aromatic carbocycles. The molecule has 0 aliphatic heterocycles. The fourth-order valence-electron chi connectivity index (χ4n) is 2.46. The first kappa shape index (κ1) is 17.0. The van der Waals surface area contributed by atoms with E-state index in [-0.39, 0.29) is 5.91 Å². The van der Waals surface area contributed by atoms with E-state index in [1.165, 1.54) is 17.3 Å². The topological polar surface area (TPSA) is 54.0 Å². The van der Waals surface area contributed by atoms with E-state index in [4.69, 9.17) is 11.6 Å². The van der Waals surface area contributed by atoms with Crippen molar-refractivity contribution in [1.82, 2.24) is 4.98 Å². The van der Waals surface area contributed by atoms with Crippen LogP contribution in [0.2, 0.25) is 5.02 Å². The van der Waals surface area contributed by atoms with Gasteiger partial charge in [0.25, 0.3) is 5.91 Å². The van der Waals surface area contributed by atoms with Crippen LogP contribution in [0.5, 0.6) is 0 Å². The van der Waals surface area contributed by atoms with Crippen LogP contribution in [0.25, 0.3) is 0 Å². The van der Waals surface area contributed by atoms with Gasteiger partial charge in [0.2, 0.25) is 0 Å². The largest absolute Gasteiger partial charge is 0.380 e. The lowest BCUT2D eigenvalue weighted by Gasteiger charge is -2.09. The summed E-state index contributed by atoms with van der Waals surface area (Å²) in [6.07, 6.45) is 3.24. The van der Waals surface area contributed by atoms with E-state index in [9.17, 15) is 4.79 Å². The Kier molecular flexibility index (Phi) is 5.31. The van der Waals surface area contributed by atoms with Crippen LogP contribution in [-0.2, 0) is 6.54 Å². The number of nitrogens with zero attached hydrogens (tertiary/aromatic N) is 1. The van der Waals surface area contributed by atoms with Crippen molar-refractivity contribution >= 4 is 28.9 Å². The quantitative estimate of drug-likeness (QED) is 0.686. The van der Waals surface area contributed by atoms with E-state index in [0.717, 1.165) is 5.69 Å². The molecule has 126 valence electrons. The lowest BCUT2D eigenvalue weighted by atomic mass is 10.1. The second kappa shape index (κ2) is 7.81. The Morgan fingerprint density at radius 3 is 2.68 bits per heavy atom. The average Bonchev–Trinajstić information content (AvgIpc) is 2.60. The van der Waals surface area contributed by atoms with E-state index < -0.39 is 0 Å². The number of rotatable bonds is 5. The molecule has 1 aromatic heterocycles. The van der Waals surface area contributed by atoms with Gasteiger partial charge in [0, 0.05) is 29.6 Å². The third-order valence-electron chi connectivity index (χ3n) is 3.66. The Morgan fingerprint density at radius 1 is 1.04 bits per heavy atom. The number of benzene rings is 2. The number of halogens is 1. The minimum Gasteiger partial charge on any atom is -0.380 e. The molecule has 0 fully saturated rings. The fourth-order valence-corrected chi connectivity index (χ4v) is 2.65. The minimum atomic E-state index is -0.228. The van der Waals surface area contributed by atoms with Gasteiger partial charge in [-0.2, -0.15) is 0 Å². The van der Waals surface area contributed by atoms with E-state index in [0.29, 0.717) is 22.8 Å². The fraction of sp³-hybridized carbons (Fsp3) is 0.100. The molecule has 0 bridgehead atoms. The molecule has 0 aliphatic rings. The van der Waals surface area contributed by atoms with Crippen LogP contribution in [-0.4, -0.2) is 10.9 Å². The third-order valence-corrected chi connectivity index (χ3v) is 3.90. The van der Waals surface area contributed by atoms with Gasteiger partial charge >= 0.3 is 0 Å². The standard InChI is InChI=1S/C20H18ClN3O/c1-14-4-2-5-15(8-14)11-23-19-9-16(12-22-13-19)20(25)24-18-7-3-6-17(21)10-18/h2-10,12-13,23H,11H2,1H3,(H,24,25). The Labute approximate surface area is 151 Å². The van der Waals surface area contributed by atoms with Gasteiger partial charge in [0.15, 0.2) is 0 Å². The zero-order chi connectivity index (χ0) is 17.6. The van der Waals surface area contributed by atoms with E-state index in [1.807, 2.05) is 6.07 Å². The molecule has 3 rings (SSSR count). The third kappa shape index (κ3) is 4.81. The summed E-state index contributed by atoms with van der Waals surface area (Å²) >= 11 is 5.94. The molecule has 25 heavy (non-hydrogen) atoms. The van der Waals surface area contributed by atoms with Crippen molar-refractivity contribution in [2.24, 2.45) is 0 Å². The Hall–Kier alpha value is -2.85. The molecule has 0 radical (unpaired) electrons. The maximum Gasteiger partial charge on any atom is 0.257 e. The minimum absolute atomic E-state index is 0.228. The van der Waals surface area contributed by atoms with Gasteiger partial charge < -0.3 is 10.6 Å². The van der Waals surface area contributed by atoms with E-state index >= 15 is 0 Å². The van der Waals surface area contributed by atoms with Gasteiger partial charge in [0.05, 0.1) is 11.3 Å². The zero-order valence-corrected chi connectivity index (χ0v) is 14.5. The van der Waals surface area contributed by atoms with Gasteiger partial charge in [-0.25, -0.2) is 0 Å². The van der Waals surface area contributed by atoms with Crippen molar-refractivity contribution in [3.63, 3.8) is 0 Å². The maximum atomic E-state index is 12.4. The molecule has 1 heterocycles. The zero-order valence-electron chi connectivity index (χ0n) is 13.8. The first-order valence-electron chi connectivity index (χ1n) is 7.91. The second-order valence-electron chi connectivity index (χ2n) is 5.77. The molecule has 0 saturated heterocycles. The summed E-state index contributed by atoms with van der Waals surface area (Å²) in [6, 6.07) is 17.1. The Morgan fingerprint density at radius 2 is 1.88 bits per heavy atom. The van der Waals surface area contributed by atoms with E-state index in [1.54, 1.807) is 36.5 Å². The number of pyridine rings is 1. The van der Waals surface area contributed by atoms with Crippen molar-refractivity contribution in [3.05, 3.63) is 88.7 Å². The Balaban J connectivity index is 1.67. The second-order valence-corrected chi connectivity index (χ2v) is 6.21. The summed E-state index contributed by atoms with van der Waals surface area (Å²) in [6.45, 7) is 2.73. The number of carbonyl (C=O) groups is 1. The number of amides is 1. The monoisotopic (exact) mass is 351 g/mol. The molecule has 0 saturated carbocycles. The normalized spacial score (nSPS) is 10.3. The number of hydrogen-bond donors (Lipinski definition) is 2. The number of aromatic nitrogens is 1. The predicted octanol–water partition coefficient (Wildman–Crippen LogP) is 4.91. The van der Waals surface area contributed by atoms with Gasteiger partial charge in [0.1, 0.15) is 0 Å². The molecule has 0 atom stereocenters. The van der Waals surface area contributed by atoms with E-state index in [2.05, 4.69) is 40.7 Å². The average molecular weight is 352 g/mol. The predicted molar refractivity (Wildman–Crippen MR) is 102 cm³/mol. The highest BCUT2D eigenvalue weighted by Gasteiger charge is 2.08. The number of anilines is 2. The molecular formula is C20H18ClN3O. The lowest BCUT2D eigenvalue weighted by molar-refractivity contribution is 0.102. The van der Waals surface area contributed by atoms with Crippen molar-refractivity contribution in [2.45, 2.75) is 13.5 Å². The van der Waals surface area contributed by atoms with Gasteiger partial charge in [-0.1, -0.05) is 47.5 Å². The van der Waals surface area contributed by atoms with Crippen LogP contribution >= 0.6 is 11.6 Å². The highest BCUT2D eigenvalue weighted by molar-refractivity contribution is 6.30. The summed E-state index contributed by atoms with van der Waals surface area (Å²) in [5.74, 6) is -0.228. The number of aryl methyl sites for hydroxylation is 1. The van der Waals surface area contributed by atoms with Crippen molar-refractivity contribution in [1.29, 1.82) is 0 Å². The van der Waals surface area contributed by atoms with Gasteiger partial charge in [-0.15, -0.1) is 0 Å². The van der Waals surface area contributed by atoms with Crippen molar-refractivity contribution in [3.8, 4) is 0 Å². The van der Waals surface area contributed by atoms with Crippen LogP contribution in [0.15, 0.2) is 67.0 Å². The molecule has 3 aromatic rings. The number of carbonyl (C=O) groups excluding carboxylic acids is 1. The number of hydrogen-bond acceptors (Lipinski definition) is 3. The molecule has 4 nitrogen and oxygen atoms in total. The maximum absolute atomic E-state index is 12.4. The van der Waals surface area contributed by atoms with Crippen molar-refractivity contribution in [2.75, 3.05) is 10.6 Å². The molecule has 5 heteroatoms. The highest BCUT2D eigenvalue weighted by Crippen LogP contribution is 2.17. The van der Waals surface area contributed by atoms with Crippen LogP contribution in [0.4, 0.5) is 11.4 Å².